The van der Waals surface area contributed by atoms with Crippen LogP contribution in [-0.2, 0) is 6.54 Å². The average molecular weight is 273 g/mol. The van der Waals surface area contributed by atoms with Gasteiger partial charge in [0.05, 0.1) is 0 Å². The molecule has 0 saturated carbocycles. The minimum absolute atomic E-state index is 0.738. The van der Waals surface area contributed by atoms with Gasteiger partial charge in [0.2, 0.25) is 0 Å². The van der Waals surface area contributed by atoms with Gasteiger partial charge < -0.3 is 5.32 Å². The number of unbranched alkanes of at least 4 members (excludes halogenated alkanes) is 3. The van der Waals surface area contributed by atoms with Crippen LogP contribution in [0.2, 0.25) is 0 Å². The molecule has 1 N–H and O–H groups in total. The van der Waals surface area contributed by atoms with E-state index in [2.05, 4.69) is 43.4 Å². The molecule has 1 aromatic rings. The molecular weight excluding hydrogens is 242 g/mol. The van der Waals surface area contributed by atoms with Crippen molar-refractivity contribution in [2.24, 2.45) is 5.92 Å². The number of benzene rings is 1. The fraction of sp³-hybridized carbons (Fsp3) is 0.684. The molecule has 0 spiro atoms. The van der Waals surface area contributed by atoms with Crippen LogP contribution < -0.4 is 5.32 Å². The second kappa shape index (κ2) is 8.46. The van der Waals surface area contributed by atoms with Gasteiger partial charge in [-0.1, -0.05) is 76.6 Å². The van der Waals surface area contributed by atoms with E-state index in [1.807, 2.05) is 0 Å². The molecule has 0 aliphatic carbocycles. The van der Waals surface area contributed by atoms with E-state index in [1.165, 1.54) is 57.1 Å². The Morgan fingerprint density at radius 2 is 1.90 bits per heavy atom. The van der Waals surface area contributed by atoms with Gasteiger partial charge in [0.15, 0.2) is 0 Å². The van der Waals surface area contributed by atoms with Crippen LogP contribution in [0.5, 0.6) is 0 Å². The monoisotopic (exact) mass is 273 g/mol. The fourth-order valence-corrected chi connectivity index (χ4v) is 3.70. The molecule has 1 aliphatic rings. The molecule has 0 saturated heterocycles. The van der Waals surface area contributed by atoms with E-state index in [4.69, 9.17) is 0 Å². The maximum absolute atomic E-state index is 3.63. The van der Waals surface area contributed by atoms with E-state index < -0.39 is 0 Å². The maximum Gasteiger partial charge on any atom is 0.0208 e. The summed E-state index contributed by atoms with van der Waals surface area (Å²) in [6, 6.07) is 9.07. The van der Waals surface area contributed by atoms with Crippen LogP contribution in [0.3, 0.4) is 0 Å². The largest absolute Gasteiger partial charge is 0.312 e. The van der Waals surface area contributed by atoms with Crippen molar-refractivity contribution in [3.63, 3.8) is 0 Å². The van der Waals surface area contributed by atoms with Gasteiger partial charge in [-0.05, 0) is 29.4 Å². The zero-order valence-corrected chi connectivity index (χ0v) is 13.3. The molecule has 2 unspecified atom stereocenters. The van der Waals surface area contributed by atoms with Crippen molar-refractivity contribution in [1.82, 2.24) is 5.32 Å². The molecule has 20 heavy (non-hydrogen) atoms. The van der Waals surface area contributed by atoms with Crippen molar-refractivity contribution in [1.29, 1.82) is 0 Å². The zero-order chi connectivity index (χ0) is 14.2. The molecule has 2 atom stereocenters. The van der Waals surface area contributed by atoms with Crippen LogP contribution in [0.1, 0.15) is 75.8 Å². The van der Waals surface area contributed by atoms with Crippen LogP contribution >= 0.6 is 0 Å². The maximum atomic E-state index is 3.63. The predicted octanol–water partition coefficient (Wildman–Crippen LogP) is 5.26. The van der Waals surface area contributed by atoms with Crippen molar-refractivity contribution in [3.8, 4) is 0 Å². The Hall–Kier alpha value is -0.820. The summed E-state index contributed by atoms with van der Waals surface area (Å²) in [7, 11) is 0. The molecule has 1 heterocycles. The molecule has 0 radical (unpaired) electrons. The van der Waals surface area contributed by atoms with Crippen LogP contribution in [0, 0.1) is 5.92 Å². The fourth-order valence-electron chi connectivity index (χ4n) is 3.70. The number of nitrogens with one attached hydrogen (secondary N) is 1. The van der Waals surface area contributed by atoms with Gasteiger partial charge in [-0.25, -0.2) is 0 Å². The summed E-state index contributed by atoms with van der Waals surface area (Å²) < 4.78 is 0. The lowest BCUT2D eigenvalue weighted by Gasteiger charge is -2.33. The van der Waals surface area contributed by atoms with Crippen molar-refractivity contribution in [2.45, 2.75) is 71.3 Å². The third-order valence-corrected chi connectivity index (χ3v) is 4.79. The summed E-state index contributed by atoms with van der Waals surface area (Å²) in [4.78, 5) is 0. The third kappa shape index (κ3) is 4.09. The first-order valence-corrected chi connectivity index (χ1v) is 8.65. The van der Waals surface area contributed by atoms with E-state index >= 15 is 0 Å². The van der Waals surface area contributed by atoms with Gasteiger partial charge >= 0.3 is 0 Å². The van der Waals surface area contributed by atoms with Crippen molar-refractivity contribution >= 4 is 0 Å². The van der Waals surface area contributed by atoms with Gasteiger partial charge in [-0.3, -0.25) is 0 Å². The number of hydrogen-bond donors (Lipinski definition) is 1. The Kier molecular flexibility index (Phi) is 6.59. The summed E-state index contributed by atoms with van der Waals surface area (Å²) in [5.41, 5.74) is 3.15. The molecule has 112 valence electrons. The molecule has 1 heteroatoms. The van der Waals surface area contributed by atoms with Crippen LogP contribution in [0.15, 0.2) is 24.3 Å². The van der Waals surface area contributed by atoms with E-state index in [1.54, 1.807) is 5.56 Å². The van der Waals surface area contributed by atoms with E-state index in [0.717, 1.165) is 18.4 Å². The second-order valence-corrected chi connectivity index (χ2v) is 6.33. The third-order valence-electron chi connectivity index (χ3n) is 4.79. The molecular formula is C19H31N. The van der Waals surface area contributed by atoms with Crippen molar-refractivity contribution in [3.05, 3.63) is 35.4 Å². The Morgan fingerprint density at radius 1 is 1.05 bits per heavy atom. The van der Waals surface area contributed by atoms with Crippen LogP contribution in [0.4, 0.5) is 0 Å². The van der Waals surface area contributed by atoms with Gasteiger partial charge in [0.1, 0.15) is 0 Å². The Labute approximate surface area is 125 Å². The van der Waals surface area contributed by atoms with Gasteiger partial charge in [0, 0.05) is 13.1 Å². The number of hydrogen-bond acceptors (Lipinski definition) is 1. The lowest BCUT2D eigenvalue weighted by Crippen LogP contribution is -2.32. The van der Waals surface area contributed by atoms with E-state index in [-0.39, 0.29) is 0 Å². The second-order valence-electron chi connectivity index (χ2n) is 6.33. The van der Waals surface area contributed by atoms with Gasteiger partial charge in [-0.2, -0.15) is 0 Å². The summed E-state index contributed by atoms with van der Waals surface area (Å²) in [6.07, 6.45) is 9.68. The Morgan fingerprint density at radius 3 is 2.70 bits per heavy atom. The highest BCUT2D eigenvalue weighted by Gasteiger charge is 2.26. The smallest absolute Gasteiger partial charge is 0.0208 e. The first kappa shape index (κ1) is 15.6. The summed E-state index contributed by atoms with van der Waals surface area (Å²) in [6.45, 7) is 6.86. The topological polar surface area (TPSA) is 12.0 Å². The highest BCUT2D eigenvalue weighted by molar-refractivity contribution is 5.33. The standard InChI is InChI=1S/C19H31N/c1-3-5-6-7-11-16(10-4-2)19-15-20-14-17-12-8-9-13-18(17)19/h8-9,12-13,16,19-20H,3-7,10-11,14-15H2,1-2H3. The molecule has 0 amide bonds. The SMILES string of the molecule is CCCCCCC(CCC)C1CNCc2ccccc21. The lowest BCUT2D eigenvalue weighted by molar-refractivity contribution is 0.328. The molecule has 1 aliphatic heterocycles. The molecule has 1 nitrogen and oxygen atoms in total. The minimum Gasteiger partial charge on any atom is -0.312 e. The highest BCUT2D eigenvalue weighted by Crippen LogP contribution is 2.35. The van der Waals surface area contributed by atoms with Crippen molar-refractivity contribution < 1.29 is 0 Å². The lowest BCUT2D eigenvalue weighted by atomic mass is 9.77. The van der Waals surface area contributed by atoms with Gasteiger partial charge in [0.25, 0.3) is 0 Å². The summed E-state index contributed by atoms with van der Waals surface area (Å²) >= 11 is 0. The molecule has 2 rings (SSSR count). The first-order chi connectivity index (χ1) is 9.86. The average Bonchev–Trinajstić information content (AvgIpc) is 2.50. The normalized spacial score (nSPS) is 19.6. The quantitative estimate of drug-likeness (QED) is 0.637. The minimum atomic E-state index is 0.738. The van der Waals surface area contributed by atoms with Crippen molar-refractivity contribution in [2.75, 3.05) is 6.54 Å². The zero-order valence-electron chi connectivity index (χ0n) is 13.3. The first-order valence-electron chi connectivity index (χ1n) is 8.65. The number of fused-ring (bicyclic) bond motifs is 1. The molecule has 0 bridgehead atoms. The summed E-state index contributed by atoms with van der Waals surface area (Å²) in [5, 5.41) is 3.63. The highest BCUT2D eigenvalue weighted by atomic mass is 14.9. The number of rotatable bonds is 8. The Balaban J connectivity index is 2.02. The Bertz CT molecular complexity index is 385. The molecule has 0 fully saturated rings. The summed E-state index contributed by atoms with van der Waals surface area (Å²) in [5.74, 6) is 1.60. The van der Waals surface area contributed by atoms with Gasteiger partial charge in [-0.15, -0.1) is 0 Å². The molecule has 0 aromatic heterocycles. The van der Waals surface area contributed by atoms with Crippen LogP contribution in [0.25, 0.3) is 0 Å². The predicted molar refractivity (Wildman–Crippen MR) is 88.0 cm³/mol. The van der Waals surface area contributed by atoms with E-state index in [9.17, 15) is 0 Å². The van der Waals surface area contributed by atoms with E-state index in [0.29, 0.717) is 0 Å². The van der Waals surface area contributed by atoms with Crippen LogP contribution in [-0.4, -0.2) is 6.54 Å². The molecule has 1 aromatic carbocycles.